The maximum absolute atomic E-state index is 12.2. The van der Waals surface area contributed by atoms with Crippen molar-refractivity contribution in [2.24, 2.45) is 0 Å². The highest BCUT2D eigenvalue weighted by Gasteiger charge is 2.21. The molecule has 2 amide bonds. The number of anilines is 2. The van der Waals surface area contributed by atoms with Crippen LogP contribution in [0.15, 0.2) is 36.4 Å². The Morgan fingerprint density at radius 3 is 2.55 bits per heavy atom. The number of hydrogen-bond donors (Lipinski definition) is 1. The normalized spacial score (nSPS) is 13.6. The van der Waals surface area contributed by atoms with E-state index in [2.05, 4.69) is 5.32 Å². The van der Waals surface area contributed by atoms with Crippen LogP contribution >= 0.6 is 11.3 Å². The van der Waals surface area contributed by atoms with Gasteiger partial charge in [0, 0.05) is 54.9 Å². The minimum atomic E-state index is -0.261. The summed E-state index contributed by atoms with van der Waals surface area (Å²) in [6.07, 6.45) is 1.88. The fourth-order valence-corrected chi connectivity index (χ4v) is 4.07. The van der Waals surface area contributed by atoms with Crippen LogP contribution in [0.25, 0.3) is 0 Å². The average molecular weight is 413 g/mol. The molecule has 0 aliphatic carbocycles. The summed E-state index contributed by atoms with van der Waals surface area (Å²) in [5.74, 6) is -0.304. The molecule has 0 unspecified atom stereocenters. The number of carbonyl (C=O) groups excluding carboxylic acids is 4. The Labute approximate surface area is 173 Å². The molecule has 0 saturated carbocycles. The van der Waals surface area contributed by atoms with Gasteiger partial charge < -0.3 is 10.2 Å². The SMILES string of the molecule is Cc1ccc(C(=O)CCC(=O)CCC(=O)Nc2cccc(N3CCCC3=O)c2)s1. The number of thiophene rings is 1. The van der Waals surface area contributed by atoms with Gasteiger partial charge in [-0.05, 0) is 43.7 Å². The second-order valence-corrected chi connectivity index (χ2v) is 8.41. The van der Waals surface area contributed by atoms with Crippen molar-refractivity contribution in [1.29, 1.82) is 0 Å². The first kappa shape index (κ1) is 20.9. The first-order valence-electron chi connectivity index (χ1n) is 9.74. The molecule has 2 aromatic rings. The van der Waals surface area contributed by atoms with Gasteiger partial charge in [0.25, 0.3) is 0 Å². The van der Waals surface area contributed by atoms with Gasteiger partial charge in [-0.25, -0.2) is 0 Å². The molecule has 1 aliphatic heterocycles. The smallest absolute Gasteiger partial charge is 0.227 e. The van der Waals surface area contributed by atoms with Crippen molar-refractivity contribution >= 4 is 46.1 Å². The van der Waals surface area contributed by atoms with E-state index in [0.29, 0.717) is 23.5 Å². The number of hydrogen-bond acceptors (Lipinski definition) is 5. The van der Waals surface area contributed by atoms with Gasteiger partial charge in [-0.2, -0.15) is 0 Å². The van der Waals surface area contributed by atoms with Gasteiger partial charge in [0.15, 0.2) is 5.78 Å². The van der Waals surface area contributed by atoms with Gasteiger partial charge in [0.05, 0.1) is 4.88 Å². The first-order chi connectivity index (χ1) is 13.9. The van der Waals surface area contributed by atoms with E-state index >= 15 is 0 Å². The molecule has 1 fully saturated rings. The van der Waals surface area contributed by atoms with Crippen LogP contribution in [0, 0.1) is 6.92 Å². The molecule has 152 valence electrons. The number of aryl methyl sites for hydroxylation is 1. The minimum absolute atomic E-state index is 0.0332. The van der Waals surface area contributed by atoms with Crippen LogP contribution in [-0.4, -0.2) is 29.9 Å². The Bertz CT molecular complexity index is 934. The number of amides is 2. The number of rotatable bonds is 9. The van der Waals surface area contributed by atoms with E-state index in [-0.39, 0.29) is 49.1 Å². The number of nitrogens with one attached hydrogen (secondary N) is 1. The van der Waals surface area contributed by atoms with Crippen molar-refractivity contribution in [1.82, 2.24) is 0 Å². The molecule has 0 atom stereocenters. The lowest BCUT2D eigenvalue weighted by Gasteiger charge is -2.16. The topological polar surface area (TPSA) is 83.6 Å². The monoisotopic (exact) mass is 412 g/mol. The largest absolute Gasteiger partial charge is 0.326 e. The van der Waals surface area contributed by atoms with Crippen molar-refractivity contribution in [3.63, 3.8) is 0 Å². The quantitative estimate of drug-likeness (QED) is 0.628. The van der Waals surface area contributed by atoms with E-state index in [0.717, 1.165) is 17.0 Å². The molecule has 7 heteroatoms. The second kappa shape index (κ2) is 9.60. The lowest BCUT2D eigenvalue weighted by atomic mass is 10.1. The lowest BCUT2D eigenvalue weighted by Crippen LogP contribution is -2.23. The number of ketones is 2. The molecule has 6 nitrogen and oxygen atoms in total. The molecule has 1 saturated heterocycles. The van der Waals surface area contributed by atoms with Crippen LogP contribution in [0.4, 0.5) is 11.4 Å². The zero-order valence-electron chi connectivity index (χ0n) is 16.4. The van der Waals surface area contributed by atoms with E-state index in [4.69, 9.17) is 0 Å². The first-order valence-corrected chi connectivity index (χ1v) is 10.6. The summed E-state index contributed by atoms with van der Waals surface area (Å²) in [5, 5.41) is 2.78. The van der Waals surface area contributed by atoms with Crippen molar-refractivity contribution < 1.29 is 19.2 Å². The zero-order valence-corrected chi connectivity index (χ0v) is 17.2. The highest BCUT2D eigenvalue weighted by Crippen LogP contribution is 2.24. The van der Waals surface area contributed by atoms with Crippen molar-refractivity contribution in [2.75, 3.05) is 16.8 Å². The van der Waals surface area contributed by atoms with Gasteiger partial charge in [-0.1, -0.05) is 6.07 Å². The van der Waals surface area contributed by atoms with E-state index in [9.17, 15) is 19.2 Å². The number of nitrogens with zero attached hydrogens (tertiary/aromatic N) is 1. The van der Waals surface area contributed by atoms with Gasteiger partial charge in [0.2, 0.25) is 11.8 Å². The highest BCUT2D eigenvalue weighted by molar-refractivity contribution is 7.14. The fraction of sp³-hybridized carbons (Fsp3) is 0.364. The molecule has 1 aromatic carbocycles. The Kier molecular flexibility index (Phi) is 6.93. The molecule has 1 aromatic heterocycles. The molecular weight excluding hydrogens is 388 g/mol. The summed E-state index contributed by atoms with van der Waals surface area (Å²) in [5.41, 5.74) is 1.37. The van der Waals surface area contributed by atoms with Gasteiger partial charge >= 0.3 is 0 Å². The van der Waals surface area contributed by atoms with Crippen molar-refractivity contribution in [3.8, 4) is 0 Å². The van der Waals surface area contributed by atoms with Gasteiger partial charge in [-0.15, -0.1) is 11.3 Å². The van der Waals surface area contributed by atoms with Crippen LogP contribution in [0.5, 0.6) is 0 Å². The van der Waals surface area contributed by atoms with Crippen molar-refractivity contribution in [2.45, 2.75) is 45.4 Å². The molecule has 0 radical (unpaired) electrons. The van der Waals surface area contributed by atoms with E-state index < -0.39 is 0 Å². The Morgan fingerprint density at radius 1 is 1.07 bits per heavy atom. The maximum Gasteiger partial charge on any atom is 0.227 e. The molecule has 1 aliphatic rings. The summed E-state index contributed by atoms with van der Waals surface area (Å²) in [6, 6.07) is 10.8. The third kappa shape index (κ3) is 5.84. The minimum Gasteiger partial charge on any atom is -0.326 e. The summed E-state index contributed by atoms with van der Waals surface area (Å²) in [4.78, 5) is 51.6. The standard InChI is InChI=1S/C22H24N2O4S/c1-15-7-11-20(29-15)19(26)10-8-18(25)9-12-21(27)23-16-4-2-5-17(14-16)24-13-3-6-22(24)28/h2,4-5,7,11,14H,3,6,8-10,12-13H2,1H3,(H,23,27). The van der Waals surface area contributed by atoms with Crippen LogP contribution in [-0.2, 0) is 14.4 Å². The molecular formula is C22H24N2O4S. The summed E-state index contributed by atoms with van der Waals surface area (Å²) < 4.78 is 0. The van der Waals surface area contributed by atoms with Crippen LogP contribution in [0.3, 0.4) is 0 Å². The molecule has 29 heavy (non-hydrogen) atoms. The number of carbonyl (C=O) groups is 4. The van der Waals surface area contributed by atoms with E-state index in [1.165, 1.54) is 11.3 Å². The van der Waals surface area contributed by atoms with E-state index in [1.807, 2.05) is 19.1 Å². The third-order valence-corrected chi connectivity index (χ3v) is 5.83. The number of Topliss-reactive ketones (excluding diaryl/α,β-unsaturated/α-hetero) is 2. The lowest BCUT2D eigenvalue weighted by molar-refractivity contribution is -0.122. The Morgan fingerprint density at radius 2 is 1.86 bits per heavy atom. The van der Waals surface area contributed by atoms with Crippen LogP contribution in [0.2, 0.25) is 0 Å². The number of benzene rings is 1. The molecule has 2 heterocycles. The molecule has 0 spiro atoms. The average Bonchev–Trinajstić information content (AvgIpc) is 3.33. The Balaban J connectivity index is 1.43. The molecule has 3 rings (SSSR count). The van der Waals surface area contributed by atoms with Crippen molar-refractivity contribution in [3.05, 3.63) is 46.2 Å². The molecule has 1 N–H and O–H groups in total. The maximum atomic E-state index is 12.2. The fourth-order valence-electron chi connectivity index (χ4n) is 3.23. The second-order valence-electron chi connectivity index (χ2n) is 7.12. The van der Waals surface area contributed by atoms with Gasteiger partial charge in [-0.3, -0.25) is 19.2 Å². The van der Waals surface area contributed by atoms with Crippen LogP contribution < -0.4 is 10.2 Å². The highest BCUT2D eigenvalue weighted by atomic mass is 32.1. The summed E-state index contributed by atoms with van der Waals surface area (Å²) in [6.45, 7) is 2.62. The van der Waals surface area contributed by atoms with Crippen LogP contribution in [0.1, 0.15) is 53.1 Å². The summed E-state index contributed by atoms with van der Waals surface area (Å²) in [7, 11) is 0. The predicted molar refractivity (Wildman–Crippen MR) is 114 cm³/mol. The summed E-state index contributed by atoms with van der Waals surface area (Å²) >= 11 is 1.43. The van der Waals surface area contributed by atoms with Gasteiger partial charge in [0.1, 0.15) is 5.78 Å². The third-order valence-electron chi connectivity index (χ3n) is 4.79. The predicted octanol–water partition coefficient (Wildman–Crippen LogP) is 4.13. The zero-order chi connectivity index (χ0) is 20.8. The molecule has 0 bridgehead atoms. The Hall–Kier alpha value is -2.80. The van der Waals surface area contributed by atoms with E-state index in [1.54, 1.807) is 29.2 Å².